The number of ether oxygens (including phenoxy) is 2. The molecule has 0 radical (unpaired) electrons. The first-order chi connectivity index (χ1) is 13.1. The molecule has 1 heterocycles. The molecule has 3 aromatic rings. The average Bonchev–Trinajstić information content (AvgIpc) is 2.70. The van der Waals surface area contributed by atoms with Gasteiger partial charge in [-0.05, 0) is 30.7 Å². The van der Waals surface area contributed by atoms with Gasteiger partial charge in [-0.15, -0.1) is 0 Å². The fraction of sp³-hybridized carbons (Fsp3) is 0.150. The number of hydrogen-bond acceptors (Lipinski definition) is 6. The minimum Gasteiger partial charge on any atom is -0.497 e. The lowest BCUT2D eigenvalue weighted by molar-refractivity contribution is 0.102. The fourth-order valence-corrected chi connectivity index (χ4v) is 2.45. The SMILES string of the molecule is COc1ccc(Nc2cnc(C(=O)Nc3ccccc3C)cn2)c(OC)c1. The first-order valence-electron chi connectivity index (χ1n) is 8.29. The van der Waals surface area contributed by atoms with Gasteiger partial charge < -0.3 is 20.1 Å². The zero-order valence-electron chi connectivity index (χ0n) is 15.3. The van der Waals surface area contributed by atoms with Crippen molar-refractivity contribution in [1.29, 1.82) is 0 Å². The topological polar surface area (TPSA) is 85.4 Å². The van der Waals surface area contributed by atoms with E-state index in [1.165, 1.54) is 12.4 Å². The largest absolute Gasteiger partial charge is 0.497 e. The van der Waals surface area contributed by atoms with Crippen LogP contribution < -0.4 is 20.1 Å². The van der Waals surface area contributed by atoms with Crippen LogP contribution in [0.2, 0.25) is 0 Å². The molecule has 0 aliphatic rings. The number of benzene rings is 2. The van der Waals surface area contributed by atoms with Crippen LogP contribution in [0, 0.1) is 6.92 Å². The number of nitrogens with one attached hydrogen (secondary N) is 2. The van der Waals surface area contributed by atoms with Crippen LogP contribution in [-0.4, -0.2) is 30.1 Å². The molecular formula is C20H20N4O3. The third-order valence-corrected chi connectivity index (χ3v) is 3.95. The number of carbonyl (C=O) groups is 1. The summed E-state index contributed by atoms with van der Waals surface area (Å²) < 4.78 is 10.5. The lowest BCUT2D eigenvalue weighted by Crippen LogP contribution is -2.15. The van der Waals surface area contributed by atoms with Crippen molar-refractivity contribution in [3.05, 3.63) is 66.1 Å². The highest BCUT2D eigenvalue weighted by molar-refractivity contribution is 6.03. The fourth-order valence-electron chi connectivity index (χ4n) is 2.45. The summed E-state index contributed by atoms with van der Waals surface area (Å²) in [5.41, 5.74) is 2.66. The van der Waals surface area contributed by atoms with Gasteiger partial charge in [0.15, 0.2) is 0 Å². The second-order valence-electron chi connectivity index (χ2n) is 5.75. The summed E-state index contributed by atoms with van der Waals surface area (Å²) in [5, 5.41) is 5.94. The number of hydrogen-bond donors (Lipinski definition) is 2. The number of rotatable bonds is 6. The molecule has 1 aromatic heterocycles. The molecule has 7 heteroatoms. The molecule has 0 saturated carbocycles. The molecule has 0 saturated heterocycles. The quantitative estimate of drug-likeness (QED) is 0.692. The van der Waals surface area contributed by atoms with Crippen LogP contribution in [0.3, 0.4) is 0 Å². The van der Waals surface area contributed by atoms with Crippen molar-refractivity contribution < 1.29 is 14.3 Å². The third-order valence-electron chi connectivity index (χ3n) is 3.95. The van der Waals surface area contributed by atoms with Gasteiger partial charge in [-0.1, -0.05) is 18.2 Å². The molecule has 3 rings (SSSR count). The normalized spacial score (nSPS) is 10.2. The number of aromatic nitrogens is 2. The van der Waals surface area contributed by atoms with Gasteiger partial charge in [-0.3, -0.25) is 4.79 Å². The summed E-state index contributed by atoms with van der Waals surface area (Å²) >= 11 is 0. The van der Waals surface area contributed by atoms with E-state index in [2.05, 4.69) is 20.6 Å². The number of aryl methyl sites for hydroxylation is 1. The van der Waals surface area contributed by atoms with Crippen LogP contribution in [0.15, 0.2) is 54.9 Å². The second kappa shape index (κ2) is 8.18. The Hall–Kier alpha value is -3.61. The van der Waals surface area contributed by atoms with Crippen LogP contribution in [0.4, 0.5) is 17.2 Å². The highest BCUT2D eigenvalue weighted by Crippen LogP contribution is 2.30. The lowest BCUT2D eigenvalue weighted by Gasteiger charge is -2.12. The van der Waals surface area contributed by atoms with E-state index in [4.69, 9.17) is 9.47 Å². The molecule has 0 aliphatic carbocycles. The van der Waals surface area contributed by atoms with Crippen LogP contribution in [0.5, 0.6) is 11.5 Å². The van der Waals surface area contributed by atoms with Gasteiger partial charge in [0.2, 0.25) is 0 Å². The molecule has 0 atom stereocenters. The number of anilines is 3. The van der Waals surface area contributed by atoms with Crippen molar-refractivity contribution in [3.63, 3.8) is 0 Å². The summed E-state index contributed by atoms with van der Waals surface area (Å²) in [6, 6.07) is 12.9. The maximum atomic E-state index is 12.3. The molecule has 0 bridgehead atoms. The van der Waals surface area contributed by atoms with Gasteiger partial charge in [0.05, 0.1) is 32.3 Å². The molecule has 2 aromatic carbocycles. The second-order valence-corrected chi connectivity index (χ2v) is 5.75. The van der Waals surface area contributed by atoms with Crippen molar-refractivity contribution in [2.45, 2.75) is 6.92 Å². The predicted octanol–water partition coefficient (Wildman–Crippen LogP) is 3.80. The smallest absolute Gasteiger partial charge is 0.275 e. The van der Waals surface area contributed by atoms with E-state index in [1.54, 1.807) is 20.3 Å². The van der Waals surface area contributed by atoms with E-state index in [1.807, 2.05) is 43.3 Å². The first kappa shape index (κ1) is 18.2. The van der Waals surface area contributed by atoms with Crippen molar-refractivity contribution in [2.24, 2.45) is 0 Å². The maximum Gasteiger partial charge on any atom is 0.275 e. The van der Waals surface area contributed by atoms with Crippen molar-refractivity contribution in [3.8, 4) is 11.5 Å². The van der Waals surface area contributed by atoms with Crippen molar-refractivity contribution in [2.75, 3.05) is 24.9 Å². The molecule has 27 heavy (non-hydrogen) atoms. The van der Waals surface area contributed by atoms with Crippen molar-refractivity contribution in [1.82, 2.24) is 9.97 Å². The van der Waals surface area contributed by atoms with Crippen LogP contribution in [-0.2, 0) is 0 Å². The van der Waals surface area contributed by atoms with Gasteiger partial charge in [-0.2, -0.15) is 0 Å². The average molecular weight is 364 g/mol. The Morgan fingerprint density at radius 3 is 2.44 bits per heavy atom. The molecule has 0 unspecified atom stereocenters. The Kier molecular flexibility index (Phi) is 5.51. The van der Waals surface area contributed by atoms with Crippen LogP contribution >= 0.6 is 0 Å². The summed E-state index contributed by atoms with van der Waals surface area (Å²) in [7, 11) is 3.17. The number of methoxy groups -OCH3 is 2. The summed E-state index contributed by atoms with van der Waals surface area (Å²) in [6.07, 6.45) is 2.92. The molecule has 2 N–H and O–H groups in total. The summed E-state index contributed by atoms with van der Waals surface area (Å²) in [5.74, 6) is 1.47. The number of para-hydroxylation sites is 1. The number of carbonyl (C=O) groups excluding carboxylic acids is 1. The highest BCUT2D eigenvalue weighted by atomic mass is 16.5. The Morgan fingerprint density at radius 1 is 0.963 bits per heavy atom. The standard InChI is InChI=1S/C20H20N4O3/c1-13-6-4-5-7-15(13)24-20(25)17-11-22-19(12-21-17)23-16-9-8-14(26-2)10-18(16)27-3/h4-12H,1-3H3,(H,22,23)(H,24,25). The lowest BCUT2D eigenvalue weighted by atomic mass is 10.2. The Labute approximate surface area is 157 Å². The van der Waals surface area contributed by atoms with Crippen LogP contribution in [0.25, 0.3) is 0 Å². The molecule has 0 fully saturated rings. The minimum atomic E-state index is -0.314. The Morgan fingerprint density at radius 2 is 1.78 bits per heavy atom. The minimum absolute atomic E-state index is 0.227. The summed E-state index contributed by atoms with van der Waals surface area (Å²) in [4.78, 5) is 20.8. The van der Waals surface area contributed by atoms with Crippen LogP contribution in [0.1, 0.15) is 16.1 Å². The van der Waals surface area contributed by atoms with E-state index >= 15 is 0 Å². The van der Waals surface area contributed by atoms with Gasteiger partial charge in [0.1, 0.15) is 23.0 Å². The third kappa shape index (κ3) is 4.33. The summed E-state index contributed by atoms with van der Waals surface area (Å²) in [6.45, 7) is 1.93. The van der Waals surface area contributed by atoms with Gasteiger partial charge in [0, 0.05) is 11.8 Å². The highest BCUT2D eigenvalue weighted by Gasteiger charge is 2.11. The Balaban J connectivity index is 1.72. The Bertz CT molecular complexity index is 942. The van der Waals surface area contributed by atoms with E-state index in [9.17, 15) is 4.79 Å². The van der Waals surface area contributed by atoms with Gasteiger partial charge in [0.25, 0.3) is 5.91 Å². The van der Waals surface area contributed by atoms with E-state index in [-0.39, 0.29) is 11.6 Å². The first-order valence-corrected chi connectivity index (χ1v) is 8.29. The number of amides is 1. The molecule has 7 nitrogen and oxygen atoms in total. The molecule has 0 spiro atoms. The maximum absolute atomic E-state index is 12.3. The number of nitrogens with zero attached hydrogens (tertiary/aromatic N) is 2. The van der Waals surface area contributed by atoms with E-state index < -0.39 is 0 Å². The van der Waals surface area contributed by atoms with E-state index in [0.717, 1.165) is 11.3 Å². The monoisotopic (exact) mass is 364 g/mol. The van der Waals surface area contributed by atoms with Gasteiger partial charge in [-0.25, -0.2) is 9.97 Å². The zero-order valence-corrected chi connectivity index (χ0v) is 15.3. The molecular weight excluding hydrogens is 344 g/mol. The van der Waals surface area contributed by atoms with Gasteiger partial charge >= 0.3 is 0 Å². The molecule has 138 valence electrons. The van der Waals surface area contributed by atoms with E-state index in [0.29, 0.717) is 23.0 Å². The predicted molar refractivity (Wildman–Crippen MR) is 104 cm³/mol. The zero-order chi connectivity index (χ0) is 19.2. The van der Waals surface area contributed by atoms with Crippen molar-refractivity contribution >= 4 is 23.1 Å². The molecule has 1 amide bonds. The molecule has 0 aliphatic heterocycles.